The molecule has 0 saturated carbocycles. The van der Waals surface area contributed by atoms with Crippen LogP contribution in [0.4, 0.5) is 0 Å². The minimum Gasteiger partial charge on any atom is -0.481 e. The van der Waals surface area contributed by atoms with Gasteiger partial charge in [-0.2, -0.15) is 0 Å². The lowest BCUT2D eigenvalue weighted by Gasteiger charge is -2.24. The van der Waals surface area contributed by atoms with Crippen molar-refractivity contribution in [1.82, 2.24) is 9.80 Å². The number of aliphatic carboxylic acids is 1. The minimum atomic E-state index is -0.957. The average Bonchev–Trinajstić information content (AvgIpc) is 2.60. The van der Waals surface area contributed by atoms with Crippen molar-refractivity contribution >= 4 is 17.8 Å². The Balaban J connectivity index is 2.48. The van der Waals surface area contributed by atoms with Crippen LogP contribution in [-0.4, -0.2) is 64.9 Å². The van der Waals surface area contributed by atoms with Gasteiger partial charge in [-0.3, -0.25) is 14.4 Å². The second kappa shape index (κ2) is 7.08. The first-order chi connectivity index (χ1) is 8.91. The number of carbonyl (C=O) groups excluding carboxylic acids is 2. The standard InChI is InChI=1S/C12H21N3O4/c1-9(16)14-5-2-6-15(8-7-14)12(19)10(13)3-4-11(17)18/h10H,2-8,13H2,1H3,(H,17,18). The van der Waals surface area contributed by atoms with Gasteiger partial charge in [0, 0.05) is 39.5 Å². The quantitative estimate of drug-likeness (QED) is 0.701. The second-order valence-electron chi connectivity index (χ2n) is 4.72. The van der Waals surface area contributed by atoms with Gasteiger partial charge in [-0.05, 0) is 12.8 Å². The number of rotatable bonds is 4. The lowest BCUT2D eigenvalue weighted by molar-refractivity contribution is -0.138. The summed E-state index contributed by atoms with van der Waals surface area (Å²) in [6.45, 7) is 3.68. The molecule has 0 radical (unpaired) electrons. The lowest BCUT2D eigenvalue weighted by atomic mass is 10.1. The van der Waals surface area contributed by atoms with E-state index in [0.29, 0.717) is 26.2 Å². The van der Waals surface area contributed by atoms with Crippen molar-refractivity contribution in [3.05, 3.63) is 0 Å². The topological polar surface area (TPSA) is 104 Å². The third-order valence-corrected chi connectivity index (χ3v) is 3.24. The fourth-order valence-electron chi connectivity index (χ4n) is 2.09. The fourth-order valence-corrected chi connectivity index (χ4v) is 2.09. The van der Waals surface area contributed by atoms with Crippen LogP contribution < -0.4 is 5.73 Å². The number of carboxylic acids is 1. The van der Waals surface area contributed by atoms with Gasteiger partial charge < -0.3 is 20.6 Å². The molecule has 1 aliphatic heterocycles. The van der Waals surface area contributed by atoms with Crippen LogP contribution in [0.2, 0.25) is 0 Å². The predicted molar refractivity (Wildman–Crippen MR) is 68.3 cm³/mol. The van der Waals surface area contributed by atoms with Crippen LogP contribution in [0.5, 0.6) is 0 Å². The SMILES string of the molecule is CC(=O)N1CCCN(C(=O)C(N)CCC(=O)O)CC1. The van der Waals surface area contributed by atoms with Crippen LogP contribution in [0.1, 0.15) is 26.2 Å². The fraction of sp³-hybridized carbons (Fsp3) is 0.750. The molecule has 0 aromatic carbocycles. The Morgan fingerprint density at radius 3 is 2.32 bits per heavy atom. The summed E-state index contributed by atoms with van der Waals surface area (Å²) in [7, 11) is 0. The maximum atomic E-state index is 12.0. The predicted octanol–water partition coefficient (Wildman–Crippen LogP) is -0.741. The molecule has 7 nitrogen and oxygen atoms in total. The van der Waals surface area contributed by atoms with Crippen molar-refractivity contribution in [3.63, 3.8) is 0 Å². The monoisotopic (exact) mass is 271 g/mol. The number of hydrogen-bond acceptors (Lipinski definition) is 4. The van der Waals surface area contributed by atoms with Crippen LogP contribution in [0, 0.1) is 0 Å². The first-order valence-electron chi connectivity index (χ1n) is 6.43. The molecule has 3 N–H and O–H groups in total. The van der Waals surface area contributed by atoms with E-state index < -0.39 is 12.0 Å². The third-order valence-electron chi connectivity index (χ3n) is 3.24. The highest BCUT2D eigenvalue weighted by Gasteiger charge is 2.24. The van der Waals surface area contributed by atoms with Gasteiger partial charge >= 0.3 is 5.97 Å². The summed E-state index contributed by atoms with van der Waals surface area (Å²) in [5.41, 5.74) is 5.71. The van der Waals surface area contributed by atoms with E-state index in [1.165, 1.54) is 6.92 Å². The summed E-state index contributed by atoms with van der Waals surface area (Å²) in [6, 6.07) is -0.778. The third kappa shape index (κ3) is 4.86. The molecule has 19 heavy (non-hydrogen) atoms. The van der Waals surface area contributed by atoms with Gasteiger partial charge in [0.05, 0.1) is 6.04 Å². The second-order valence-corrected chi connectivity index (χ2v) is 4.72. The van der Waals surface area contributed by atoms with Gasteiger partial charge in [0.2, 0.25) is 11.8 Å². The van der Waals surface area contributed by atoms with Crippen molar-refractivity contribution in [1.29, 1.82) is 0 Å². The van der Waals surface area contributed by atoms with Crippen LogP contribution in [0.25, 0.3) is 0 Å². The zero-order valence-corrected chi connectivity index (χ0v) is 11.2. The van der Waals surface area contributed by atoms with Gasteiger partial charge in [0.25, 0.3) is 0 Å². The molecule has 0 aromatic rings. The van der Waals surface area contributed by atoms with E-state index in [1.807, 2.05) is 0 Å². The molecule has 0 aromatic heterocycles. The summed E-state index contributed by atoms with van der Waals surface area (Å²) in [6.07, 6.45) is 0.748. The summed E-state index contributed by atoms with van der Waals surface area (Å²) >= 11 is 0. The molecule has 1 atom stereocenters. The molecule has 2 amide bonds. The maximum absolute atomic E-state index is 12.0. The Bertz CT molecular complexity index is 359. The van der Waals surface area contributed by atoms with Crippen LogP contribution >= 0.6 is 0 Å². The Labute approximate surface area is 112 Å². The molecule has 1 unspecified atom stereocenters. The van der Waals surface area contributed by atoms with Crippen LogP contribution in [0.15, 0.2) is 0 Å². The molecule has 0 aliphatic carbocycles. The minimum absolute atomic E-state index is 0.00414. The van der Waals surface area contributed by atoms with Crippen molar-refractivity contribution in [3.8, 4) is 0 Å². The zero-order valence-electron chi connectivity index (χ0n) is 11.2. The molecule has 108 valence electrons. The molecular formula is C12H21N3O4. The Hall–Kier alpha value is -1.63. The molecule has 7 heteroatoms. The summed E-state index contributed by atoms with van der Waals surface area (Å²) in [4.78, 5) is 37.1. The number of hydrogen-bond donors (Lipinski definition) is 2. The summed E-state index contributed by atoms with van der Waals surface area (Å²) in [5, 5.41) is 8.57. The smallest absolute Gasteiger partial charge is 0.303 e. The average molecular weight is 271 g/mol. The van der Waals surface area contributed by atoms with Gasteiger partial charge in [-0.15, -0.1) is 0 Å². The van der Waals surface area contributed by atoms with E-state index in [4.69, 9.17) is 10.8 Å². The van der Waals surface area contributed by atoms with E-state index in [0.717, 1.165) is 6.42 Å². The zero-order chi connectivity index (χ0) is 14.4. The molecule has 1 aliphatic rings. The summed E-state index contributed by atoms with van der Waals surface area (Å²) < 4.78 is 0. The first-order valence-corrected chi connectivity index (χ1v) is 6.43. The van der Waals surface area contributed by atoms with Gasteiger partial charge in [0.15, 0.2) is 0 Å². The lowest BCUT2D eigenvalue weighted by Crippen LogP contribution is -2.45. The Morgan fingerprint density at radius 2 is 1.74 bits per heavy atom. The van der Waals surface area contributed by atoms with Gasteiger partial charge in [0.1, 0.15) is 0 Å². The van der Waals surface area contributed by atoms with Crippen LogP contribution in [-0.2, 0) is 14.4 Å². The van der Waals surface area contributed by atoms with E-state index in [-0.39, 0.29) is 24.7 Å². The highest BCUT2D eigenvalue weighted by atomic mass is 16.4. The molecule has 1 fully saturated rings. The number of nitrogens with two attached hydrogens (primary N) is 1. The van der Waals surface area contributed by atoms with Gasteiger partial charge in [-0.25, -0.2) is 0 Å². The number of carboxylic acid groups (broad SMARTS) is 1. The Morgan fingerprint density at radius 1 is 1.16 bits per heavy atom. The molecular weight excluding hydrogens is 250 g/mol. The highest BCUT2D eigenvalue weighted by Crippen LogP contribution is 2.07. The first kappa shape index (κ1) is 15.4. The van der Waals surface area contributed by atoms with Crippen molar-refractivity contribution in [2.75, 3.05) is 26.2 Å². The molecule has 1 heterocycles. The number of amides is 2. The molecule has 1 rings (SSSR count). The van der Waals surface area contributed by atoms with Crippen LogP contribution in [0.3, 0.4) is 0 Å². The highest BCUT2D eigenvalue weighted by molar-refractivity contribution is 5.82. The van der Waals surface area contributed by atoms with E-state index in [1.54, 1.807) is 9.80 Å². The van der Waals surface area contributed by atoms with Crippen molar-refractivity contribution in [2.45, 2.75) is 32.2 Å². The van der Waals surface area contributed by atoms with E-state index in [2.05, 4.69) is 0 Å². The maximum Gasteiger partial charge on any atom is 0.303 e. The normalized spacial score (nSPS) is 17.8. The largest absolute Gasteiger partial charge is 0.481 e. The van der Waals surface area contributed by atoms with Crippen molar-refractivity contribution in [2.24, 2.45) is 5.73 Å². The summed E-state index contributed by atoms with van der Waals surface area (Å²) in [5.74, 6) is -1.18. The van der Waals surface area contributed by atoms with Crippen molar-refractivity contribution < 1.29 is 19.5 Å². The van der Waals surface area contributed by atoms with E-state index >= 15 is 0 Å². The van der Waals surface area contributed by atoms with Gasteiger partial charge in [-0.1, -0.05) is 0 Å². The number of nitrogens with zero attached hydrogens (tertiary/aromatic N) is 2. The number of carbonyl (C=O) groups is 3. The molecule has 0 spiro atoms. The molecule has 0 bridgehead atoms. The van der Waals surface area contributed by atoms with E-state index in [9.17, 15) is 14.4 Å². The molecule has 1 saturated heterocycles. The Kier molecular flexibility index (Phi) is 5.75.